The molecule has 154 valence electrons. The predicted molar refractivity (Wildman–Crippen MR) is 117 cm³/mol. The molecule has 1 N–H and O–H groups in total. The van der Waals surface area contributed by atoms with Crippen molar-refractivity contribution in [3.8, 4) is 11.5 Å². The van der Waals surface area contributed by atoms with Crippen LogP contribution in [0.25, 0.3) is 16.8 Å². The molecule has 0 aromatic heterocycles. The third-order valence-electron chi connectivity index (χ3n) is 4.54. The molecule has 1 atom stereocenters. The van der Waals surface area contributed by atoms with E-state index in [0.29, 0.717) is 22.7 Å². The maximum Gasteiger partial charge on any atom is 0.331 e. The van der Waals surface area contributed by atoms with Crippen LogP contribution in [0.4, 0.5) is 5.69 Å². The monoisotopic (exact) mass is 405 g/mol. The van der Waals surface area contributed by atoms with Crippen molar-refractivity contribution in [2.75, 3.05) is 19.5 Å². The number of amides is 1. The smallest absolute Gasteiger partial charge is 0.331 e. The van der Waals surface area contributed by atoms with Gasteiger partial charge in [-0.3, -0.25) is 4.79 Å². The number of hydrogen-bond donors (Lipinski definition) is 1. The molecule has 0 spiro atoms. The maximum atomic E-state index is 12.5. The van der Waals surface area contributed by atoms with Crippen LogP contribution in [0.2, 0.25) is 0 Å². The Morgan fingerprint density at radius 1 is 0.933 bits per heavy atom. The molecule has 3 aromatic carbocycles. The Bertz CT molecular complexity index is 1080. The summed E-state index contributed by atoms with van der Waals surface area (Å²) in [5, 5.41) is 4.74. The van der Waals surface area contributed by atoms with Crippen LogP contribution in [0.15, 0.2) is 66.7 Å². The maximum absolute atomic E-state index is 12.5. The van der Waals surface area contributed by atoms with Gasteiger partial charge in [-0.2, -0.15) is 0 Å². The van der Waals surface area contributed by atoms with Crippen molar-refractivity contribution in [1.29, 1.82) is 0 Å². The lowest BCUT2D eigenvalue weighted by molar-refractivity contribution is -0.148. The lowest BCUT2D eigenvalue weighted by Crippen LogP contribution is -2.29. The Hall–Kier alpha value is -3.80. The van der Waals surface area contributed by atoms with Crippen LogP contribution in [-0.4, -0.2) is 32.2 Å². The zero-order chi connectivity index (χ0) is 21.5. The number of esters is 1. The van der Waals surface area contributed by atoms with Crippen LogP contribution in [0.3, 0.4) is 0 Å². The highest BCUT2D eigenvalue weighted by molar-refractivity contribution is 6.04. The van der Waals surface area contributed by atoms with Gasteiger partial charge in [-0.05, 0) is 30.5 Å². The molecule has 0 fully saturated rings. The van der Waals surface area contributed by atoms with Gasteiger partial charge in [0.05, 0.1) is 14.2 Å². The topological polar surface area (TPSA) is 73.9 Å². The van der Waals surface area contributed by atoms with Crippen LogP contribution in [0.5, 0.6) is 11.5 Å². The molecule has 3 rings (SSSR count). The standard InChI is InChI=1S/C24H23NO5/c1-16(24(27)25-20-12-6-9-17-8-4-5-11-19(17)20)30-22(26)15-14-18-10-7-13-21(28-2)23(18)29-3/h4-16H,1-3H3,(H,25,27)/b15-14+/t16-/m1/s1. The van der Waals surface area contributed by atoms with Gasteiger partial charge >= 0.3 is 5.97 Å². The minimum absolute atomic E-state index is 0.410. The second-order valence-corrected chi connectivity index (χ2v) is 6.51. The number of benzene rings is 3. The van der Waals surface area contributed by atoms with E-state index in [4.69, 9.17) is 14.2 Å². The Morgan fingerprint density at radius 2 is 1.67 bits per heavy atom. The van der Waals surface area contributed by atoms with E-state index in [1.165, 1.54) is 27.2 Å². The number of hydrogen-bond acceptors (Lipinski definition) is 5. The highest BCUT2D eigenvalue weighted by Gasteiger charge is 2.17. The van der Waals surface area contributed by atoms with Gasteiger partial charge in [-0.1, -0.05) is 48.5 Å². The zero-order valence-corrected chi connectivity index (χ0v) is 17.0. The van der Waals surface area contributed by atoms with Crippen LogP contribution in [0.1, 0.15) is 12.5 Å². The van der Waals surface area contributed by atoms with Crippen LogP contribution < -0.4 is 14.8 Å². The lowest BCUT2D eigenvalue weighted by Gasteiger charge is -2.14. The fraction of sp³-hybridized carbons (Fsp3) is 0.167. The van der Waals surface area contributed by atoms with Crippen molar-refractivity contribution in [2.24, 2.45) is 0 Å². The molecule has 30 heavy (non-hydrogen) atoms. The van der Waals surface area contributed by atoms with E-state index in [9.17, 15) is 9.59 Å². The molecule has 0 saturated carbocycles. The molecule has 0 aliphatic rings. The summed E-state index contributed by atoms with van der Waals surface area (Å²) in [4.78, 5) is 24.7. The summed E-state index contributed by atoms with van der Waals surface area (Å²) in [6, 6.07) is 18.7. The summed E-state index contributed by atoms with van der Waals surface area (Å²) >= 11 is 0. The fourth-order valence-electron chi connectivity index (χ4n) is 3.04. The van der Waals surface area contributed by atoms with E-state index in [2.05, 4.69) is 5.32 Å². The first kappa shape index (κ1) is 20.9. The number of ether oxygens (including phenoxy) is 3. The molecule has 0 bridgehead atoms. The minimum Gasteiger partial charge on any atom is -0.493 e. The molecule has 0 aliphatic heterocycles. The Morgan fingerprint density at radius 3 is 2.43 bits per heavy atom. The second-order valence-electron chi connectivity index (χ2n) is 6.51. The van der Waals surface area contributed by atoms with E-state index in [1.807, 2.05) is 42.5 Å². The summed E-state index contributed by atoms with van der Waals surface area (Å²) < 4.78 is 15.8. The SMILES string of the molecule is COc1cccc(/C=C/C(=O)O[C@H](C)C(=O)Nc2cccc3ccccc23)c1OC. The fourth-order valence-corrected chi connectivity index (χ4v) is 3.04. The molecule has 0 unspecified atom stereocenters. The first-order valence-electron chi connectivity index (χ1n) is 9.41. The van der Waals surface area contributed by atoms with Crippen molar-refractivity contribution >= 4 is 34.4 Å². The molecule has 6 heteroatoms. The molecule has 0 aliphatic carbocycles. The number of para-hydroxylation sites is 1. The number of fused-ring (bicyclic) bond motifs is 1. The van der Waals surface area contributed by atoms with Crippen molar-refractivity contribution < 1.29 is 23.8 Å². The largest absolute Gasteiger partial charge is 0.493 e. The summed E-state index contributed by atoms with van der Waals surface area (Å²) in [6.07, 6.45) is 1.84. The quantitative estimate of drug-likeness (QED) is 0.465. The van der Waals surface area contributed by atoms with E-state index in [1.54, 1.807) is 24.3 Å². The normalized spacial score (nSPS) is 11.8. The first-order chi connectivity index (χ1) is 14.5. The molecule has 1 amide bonds. The van der Waals surface area contributed by atoms with Crippen LogP contribution in [0, 0.1) is 0 Å². The number of nitrogens with one attached hydrogen (secondary N) is 1. The van der Waals surface area contributed by atoms with Crippen molar-refractivity contribution in [1.82, 2.24) is 0 Å². The van der Waals surface area contributed by atoms with Gasteiger partial charge in [0.2, 0.25) is 0 Å². The number of carbonyl (C=O) groups is 2. The highest BCUT2D eigenvalue weighted by atomic mass is 16.5. The Kier molecular flexibility index (Phi) is 6.70. The van der Waals surface area contributed by atoms with E-state index < -0.39 is 18.0 Å². The molecular formula is C24H23NO5. The van der Waals surface area contributed by atoms with Gasteiger partial charge in [0.25, 0.3) is 5.91 Å². The van der Waals surface area contributed by atoms with Crippen molar-refractivity contribution in [2.45, 2.75) is 13.0 Å². The summed E-state index contributed by atoms with van der Waals surface area (Å²) in [6.45, 7) is 1.53. The summed E-state index contributed by atoms with van der Waals surface area (Å²) in [5.41, 5.74) is 1.32. The molecular weight excluding hydrogens is 382 g/mol. The van der Waals surface area contributed by atoms with Crippen molar-refractivity contribution in [3.05, 3.63) is 72.3 Å². The summed E-state index contributed by atoms with van der Waals surface area (Å²) in [7, 11) is 3.06. The van der Waals surface area contributed by atoms with Crippen LogP contribution in [-0.2, 0) is 14.3 Å². The minimum atomic E-state index is -0.965. The third kappa shape index (κ3) is 4.78. The van der Waals surface area contributed by atoms with E-state index in [0.717, 1.165) is 10.8 Å². The first-order valence-corrected chi connectivity index (χ1v) is 9.41. The van der Waals surface area contributed by atoms with Gasteiger partial charge in [0.15, 0.2) is 17.6 Å². The van der Waals surface area contributed by atoms with Crippen LogP contribution >= 0.6 is 0 Å². The molecule has 6 nitrogen and oxygen atoms in total. The Labute approximate surface area is 175 Å². The van der Waals surface area contributed by atoms with Gasteiger partial charge in [-0.15, -0.1) is 0 Å². The van der Waals surface area contributed by atoms with E-state index >= 15 is 0 Å². The zero-order valence-electron chi connectivity index (χ0n) is 17.0. The predicted octanol–water partition coefficient (Wildman–Crippen LogP) is 4.44. The van der Waals surface area contributed by atoms with Crippen molar-refractivity contribution in [3.63, 3.8) is 0 Å². The van der Waals surface area contributed by atoms with Gasteiger partial charge < -0.3 is 19.5 Å². The number of carbonyl (C=O) groups excluding carboxylic acids is 2. The van der Waals surface area contributed by atoms with Gasteiger partial charge in [-0.25, -0.2) is 4.79 Å². The average Bonchev–Trinajstić information content (AvgIpc) is 2.77. The number of anilines is 1. The Balaban J connectivity index is 1.65. The lowest BCUT2D eigenvalue weighted by atomic mass is 10.1. The third-order valence-corrected chi connectivity index (χ3v) is 4.54. The average molecular weight is 405 g/mol. The van der Waals surface area contributed by atoms with E-state index in [-0.39, 0.29) is 0 Å². The summed E-state index contributed by atoms with van der Waals surface area (Å²) in [5.74, 6) is 0.00848. The molecule has 0 heterocycles. The second kappa shape index (κ2) is 9.60. The molecule has 3 aromatic rings. The highest BCUT2D eigenvalue weighted by Crippen LogP contribution is 2.31. The van der Waals surface area contributed by atoms with Gasteiger partial charge in [0.1, 0.15) is 0 Å². The number of rotatable bonds is 7. The van der Waals surface area contributed by atoms with Gasteiger partial charge in [0, 0.05) is 22.7 Å². The molecule has 0 saturated heterocycles. The number of methoxy groups -OCH3 is 2. The molecule has 0 radical (unpaired) electrons.